The van der Waals surface area contributed by atoms with Gasteiger partial charge in [0.05, 0.1) is 12.6 Å². The van der Waals surface area contributed by atoms with Crippen LogP contribution in [0.5, 0.6) is 0 Å². The molecule has 0 aromatic rings. The third-order valence-electron chi connectivity index (χ3n) is 4.28. The number of hydrogen-bond donors (Lipinski definition) is 5. The molecule has 0 aromatic carbocycles. The molecule has 1 fully saturated rings. The summed E-state index contributed by atoms with van der Waals surface area (Å²) in [5, 5.41) is 23.5. The molecular formula is C16H28N4O6S. The molecule has 11 heteroatoms. The number of carbonyl (C=O) groups excluding carboxylic acids is 3. The Morgan fingerprint density at radius 2 is 1.85 bits per heavy atom. The molecule has 1 aliphatic rings. The normalized spacial score (nSPS) is 19.9. The van der Waals surface area contributed by atoms with Crippen molar-refractivity contribution in [1.29, 1.82) is 0 Å². The molecule has 0 radical (unpaired) electrons. The number of carboxylic acid groups (broad SMARTS) is 1. The number of rotatable bonds is 10. The number of nitrogens with two attached hydrogens (primary N) is 1. The molecule has 0 spiro atoms. The molecule has 6 N–H and O–H groups in total. The Labute approximate surface area is 162 Å². The van der Waals surface area contributed by atoms with Gasteiger partial charge in [-0.05, 0) is 38.2 Å². The Balaban J connectivity index is 2.86. The molecule has 154 valence electrons. The number of hydrogen-bond acceptors (Lipinski definition) is 7. The Morgan fingerprint density at radius 1 is 1.22 bits per heavy atom. The number of amides is 3. The fraction of sp³-hybridized carbons (Fsp3) is 0.750. The van der Waals surface area contributed by atoms with Crippen LogP contribution in [0.4, 0.5) is 0 Å². The molecule has 0 aromatic heterocycles. The van der Waals surface area contributed by atoms with Gasteiger partial charge in [-0.2, -0.15) is 11.8 Å². The van der Waals surface area contributed by atoms with Crippen LogP contribution in [-0.4, -0.2) is 88.1 Å². The second-order valence-electron chi connectivity index (χ2n) is 6.40. The lowest BCUT2D eigenvalue weighted by molar-refractivity contribution is -0.149. The molecule has 1 heterocycles. The van der Waals surface area contributed by atoms with E-state index in [1.165, 1.54) is 23.6 Å². The lowest BCUT2D eigenvalue weighted by Gasteiger charge is -2.28. The van der Waals surface area contributed by atoms with E-state index in [-0.39, 0.29) is 0 Å². The maximum atomic E-state index is 12.8. The smallest absolute Gasteiger partial charge is 0.326 e. The quantitative estimate of drug-likeness (QED) is 0.283. The van der Waals surface area contributed by atoms with E-state index in [1.54, 1.807) is 0 Å². The van der Waals surface area contributed by atoms with Crippen molar-refractivity contribution in [3.05, 3.63) is 0 Å². The summed E-state index contributed by atoms with van der Waals surface area (Å²) in [6, 6.07) is -3.95. The predicted octanol–water partition coefficient (Wildman–Crippen LogP) is -1.88. The molecule has 10 nitrogen and oxygen atoms in total. The van der Waals surface area contributed by atoms with Crippen LogP contribution in [0.1, 0.15) is 26.2 Å². The highest BCUT2D eigenvalue weighted by molar-refractivity contribution is 7.98. The summed E-state index contributed by atoms with van der Waals surface area (Å²) in [5.41, 5.74) is 5.44. The van der Waals surface area contributed by atoms with Crippen molar-refractivity contribution in [3.8, 4) is 0 Å². The average molecular weight is 404 g/mol. The van der Waals surface area contributed by atoms with E-state index in [4.69, 9.17) is 5.73 Å². The van der Waals surface area contributed by atoms with E-state index in [9.17, 15) is 29.4 Å². The third-order valence-corrected chi connectivity index (χ3v) is 4.92. The standard InChI is InChI=1S/C16H28N4O6S/c1-9(17)13(22)19-11(8-21)14(23)18-10(5-7-27-2)15(24)20-6-3-4-12(20)16(25)26/h9-12,21H,3-8,17H2,1-2H3,(H,18,23)(H,19,22)(H,25,26). The Hall–Kier alpha value is -1.85. The summed E-state index contributed by atoms with van der Waals surface area (Å²) in [6.07, 6.45) is 3.09. The Bertz CT molecular complexity index is 559. The lowest BCUT2D eigenvalue weighted by atomic mass is 10.1. The molecule has 4 unspecified atom stereocenters. The number of nitrogens with zero attached hydrogens (tertiary/aromatic N) is 1. The summed E-state index contributed by atoms with van der Waals surface area (Å²) in [4.78, 5) is 49.5. The second-order valence-corrected chi connectivity index (χ2v) is 7.39. The molecule has 4 atom stereocenters. The van der Waals surface area contributed by atoms with Crippen LogP contribution in [0.25, 0.3) is 0 Å². The minimum absolute atomic E-state index is 0.300. The molecule has 1 saturated heterocycles. The molecule has 1 rings (SSSR count). The van der Waals surface area contributed by atoms with Gasteiger partial charge in [0.25, 0.3) is 0 Å². The van der Waals surface area contributed by atoms with Gasteiger partial charge in [0.15, 0.2) is 0 Å². The van der Waals surface area contributed by atoms with Gasteiger partial charge in [-0.15, -0.1) is 0 Å². The van der Waals surface area contributed by atoms with Crippen molar-refractivity contribution in [3.63, 3.8) is 0 Å². The number of carbonyl (C=O) groups is 4. The molecule has 3 amide bonds. The molecule has 0 saturated carbocycles. The number of thioether (sulfide) groups is 1. The average Bonchev–Trinajstić information content (AvgIpc) is 3.11. The summed E-state index contributed by atoms with van der Waals surface area (Å²) in [6.45, 7) is 1.09. The third kappa shape index (κ3) is 6.67. The topological polar surface area (TPSA) is 162 Å². The molecular weight excluding hydrogens is 376 g/mol. The van der Waals surface area contributed by atoms with Crippen molar-refractivity contribution in [2.24, 2.45) is 5.73 Å². The van der Waals surface area contributed by atoms with Crippen molar-refractivity contribution in [2.45, 2.75) is 50.4 Å². The first-order chi connectivity index (χ1) is 12.7. The monoisotopic (exact) mass is 404 g/mol. The SMILES string of the molecule is CSCCC(NC(=O)C(CO)NC(=O)C(C)N)C(=O)N1CCCC1C(=O)O. The van der Waals surface area contributed by atoms with Crippen LogP contribution >= 0.6 is 11.8 Å². The van der Waals surface area contributed by atoms with Gasteiger partial charge >= 0.3 is 5.97 Å². The minimum atomic E-state index is -1.25. The first-order valence-corrected chi connectivity index (χ1v) is 10.1. The zero-order valence-corrected chi connectivity index (χ0v) is 16.3. The number of aliphatic hydroxyl groups excluding tert-OH is 1. The van der Waals surface area contributed by atoms with Gasteiger partial charge in [-0.3, -0.25) is 14.4 Å². The maximum Gasteiger partial charge on any atom is 0.326 e. The Kier molecular flexibility index (Phi) is 9.53. The fourth-order valence-electron chi connectivity index (χ4n) is 2.75. The first kappa shape index (κ1) is 23.2. The van der Waals surface area contributed by atoms with Gasteiger partial charge in [0, 0.05) is 6.54 Å². The van der Waals surface area contributed by atoms with Crippen LogP contribution in [0.2, 0.25) is 0 Å². The van der Waals surface area contributed by atoms with Gasteiger partial charge < -0.3 is 31.5 Å². The van der Waals surface area contributed by atoms with E-state index >= 15 is 0 Å². The van der Waals surface area contributed by atoms with Crippen molar-refractivity contribution in [1.82, 2.24) is 15.5 Å². The van der Waals surface area contributed by atoms with Crippen LogP contribution in [0, 0.1) is 0 Å². The van der Waals surface area contributed by atoms with Crippen molar-refractivity contribution >= 4 is 35.5 Å². The van der Waals surface area contributed by atoms with E-state index in [0.717, 1.165) is 0 Å². The van der Waals surface area contributed by atoms with Crippen LogP contribution < -0.4 is 16.4 Å². The second kappa shape index (κ2) is 11.1. The zero-order chi connectivity index (χ0) is 20.6. The number of nitrogens with one attached hydrogen (secondary N) is 2. The largest absolute Gasteiger partial charge is 0.480 e. The molecule has 1 aliphatic heterocycles. The highest BCUT2D eigenvalue weighted by Gasteiger charge is 2.38. The van der Waals surface area contributed by atoms with E-state index < -0.39 is 54.5 Å². The summed E-state index contributed by atoms with van der Waals surface area (Å²) in [7, 11) is 0. The Morgan fingerprint density at radius 3 is 2.37 bits per heavy atom. The molecule has 27 heavy (non-hydrogen) atoms. The summed E-state index contributed by atoms with van der Waals surface area (Å²) >= 11 is 1.48. The predicted molar refractivity (Wildman–Crippen MR) is 100.0 cm³/mol. The zero-order valence-electron chi connectivity index (χ0n) is 15.5. The maximum absolute atomic E-state index is 12.8. The van der Waals surface area contributed by atoms with E-state index in [0.29, 0.717) is 31.6 Å². The van der Waals surface area contributed by atoms with Crippen molar-refractivity contribution < 1.29 is 29.4 Å². The lowest BCUT2D eigenvalue weighted by Crippen LogP contribution is -2.58. The van der Waals surface area contributed by atoms with E-state index in [1.807, 2.05) is 6.26 Å². The minimum Gasteiger partial charge on any atom is -0.480 e. The van der Waals surface area contributed by atoms with Crippen LogP contribution in [0.15, 0.2) is 0 Å². The fourth-order valence-corrected chi connectivity index (χ4v) is 3.22. The van der Waals surface area contributed by atoms with Gasteiger partial charge in [-0.1, -0.05) is 0 Å². The summed E-state index contributed by atoms with van der Waals surface area (Å²) in [5.74, 6) is -2.32. The van der Waals surface area contributed by atoms with E-state index in [2.05, 4.69) is 10.6 Å². The van der Waals surface area contributed by atoms with Crippen molar-refractivity contribution in [2.75, 3.05) is 25.2 Å². The molecule has 0 aliphatic carbocycles. The number of aliphatic carboxylic acids is 1. The number of carboxylic acids is 1. The van der Waals surface area contributed by atoms with Gasteiger partial charge in [-0.25, -0.2) is 4.79 Å². The number of aliphatic hydroxyl groups is 1. The molecule has 0 bridgehead atoms. The highest BCUT2D eigenvalue weighted by atomic mass is 32.2. The van der Waals surface area contributed by atoms with Crippen LogP contribution in [-0.2, 0) is 19.2 Å². The highest BCUT2D eigenvalue weighted by Crippen LogP contribution is 2.19. The first-order valence-electron chi connectivity index (χ1n) is 8.72. The summed E-state index contributed by atoms with van der Waals surface area (Å²) < 4.78 is 0. The van der Waals surface area contributed by atoms with Gasteiger partial charge in [0.1, 0.15) is 18.1 Å². The number of likely N-dealkylation sites (tertiary alicyclic amines) is 1. The van der Waals surface area contributed by atoms with Gasteiger partial charge in [0.2, 0.25) is 17.7 Å². The van der Waals surface area contributed by atoms with Crippen LogP contribution in [0.3, 0.4) is 0 Å².